The average Bonchev–Trinajstić information content (AvgIpc) is 2.53. The van der Waals surface area contributed by atoms with E-state index in [1.807, 2.05) is 37.3 Å². The molecule has 0 fully saturated rings. The van der Waals surface area contributed by atoms with Crippen molar-refractivity contribution in [3.8, 4) is 0 Å². The lowest BCUT2D eigenvalue weighted by Crippen LogP contribution is -2.32. The number of halogens is 1. The highest BCUT2D eigenvalue weighted by atomic mass is 35.5. The van der Waals surface area contributed by atoms with E-state index in [1.54, 1.807) is 0 Å². The minimum Gasteiger partial charge on any atom is -0.355 e. The van der Waals surface area contributed by atoms with E-state index in [0.717, 1.165) is 5.56 Å². The zero-order valence-electron chi connectivity index (χ0n) is 12.7. The normalized spacial score (nSPS) is 12.6. The third kappa shape index (κ3) is 5.08. The average molecular weight is 352 g/mol. The van der Waals surface area contributed by atoms with Crippen molar-refractivity contribution in [3.05, 3.63) is 65.2 Å². The van der Waals surface area contributed by atoms with Gasteiger partial charge in [-0.15, -0.1) is 0 Å². The second kappa shape index (κ2) is 7.62. The van der Waals surface area contributed by atoms with Crippen LogP contribution in [0, 0.1) is 0 Å². The van der Waals surface area contributed by atoms with Crippen molar-refractivity contribution in [1.82, 2.24) is 5.32 Å². The second-order valence-electron chi connectivity index (χ2n) is 5.33. The summed E-state index contributed by atoms with van der Waals surface area (Å²) in [7, 11) is -3.66. The lowest BCUT2D eigenvalue weighted by atomic mass is 10.0. The van der Waals surface area contributed by atoms with Crippen LogP contribution in [0.3, 0.4) is 0 Å². The Morgan fingerprint density at radius 2 is 1.70 bits per heavy atom. The number of hydrogen-bond donors (Lipinski definition) is 1. The van der Waals surface area contributed by atoms with Gasteiger partial charge in [0, 0.05) is 11.6 Å². The van der Waals surface area contributed by atoms with E-state index in [0.29, 0.717) is 11.6 Å². The maximum atomic E-state index is 12.2. The summed E-state index contributed by atoms with van der Waals surface area (Å²) in [4.78, 5) is 12.0. The molecule has 6 heteroatoms. The second-order valence-corrected chi connectivity index (χ2v) is 7.75. The Morgan fingerprint density at radius 1 is 1.09 bits per heavy atom. The maximum Gasteiger partial charge on any atom is 0.235 e. The van der Waals surface area contributed by atoms with Crippen molar-refractivity contribution in [1.29, 1.82) is 0 Å². The number of rotatable bonds is 6. The van der Waals surface area contributed by atoms with Crippen molar-refractivity contribution in [2.24, 2.45) is 0 Å². The molecule has 2 rings (SSSR count). The zero-order chi connectivity index (χ0) is 16.9. The van der Waals surface area contributed by atoms with Crippen LogP contribution in [-0.4, -0.2) is 26.6 Å². The SMILES string of the molecule is CC(CNC(=O)CS(=O)(=O)c1ccc(Cl)cc1)c1ccccc1. The molecule has 0 saturated heterocycles. The van der Waals surface area contributed by atoms with Crippen LogP contribution in [0.1, 0.15) is 18.4 Å². The fraction of sp³-hybridized carbons (Fsp3) is 0.235. The molecule has 0 aliphatic heterocycles. The van der Waals surface area contributed by atoms with Crippen LogP contribution in [0.5, 0.6) is 0 Å². The van der Waals surface area contributed by atoms with Gasteiger partial charge in [-0.05, 0) is 35.7 Å². The first kappa shape index (κ1) is 17.5. The molecule has 2 aromatic rings. The van der Waals surface area contributed by atoms with Crippen molar-refractivity contribution >= 4 is 27.3 Å². The minimum atomic E-state index is -3.66. The Bertz CT molecular complexity index is 758. The van der Waals surface area contributed by atoms with Crippen LogP contribution < -0.4 is 5.32 Å². The van der Waals surface area contributed by atoms with Crippen molar-refractivity contribution in [2.75, 3.05) is 12.3 Å². The quantitative estimate of drug-likeness (QED) is 0.870. The summed E-state index contributed by atoms with van der Waals surface area (Å²) in [5, 5.41) is 3.12. The number of sulfone groups is 1. The molecule has 0 bridgehead atoms. The van der Waals surface area contributed by atoms with Crippen LogP contribution in [-0.2, 0) is 14.6 Å². The molecule has 122 valence electrons. The molecule has 0 aliphatic rings. The Labute approximate surface area is 141 Å². The highest BCUT2D eigenvalue weighted by molar-refractivity contribution is 7.92. The summed E-state index contributed by atoms with van der Waals surface area (Å²) in [5.74, 6) is -0.975. The van der Waals surface area contributed by atoms with Crippen LogP contribution in [0.25, 0.3) is 0 Å². The summed E-state index contributed by atoms with van der Waals surface area (Å²) in [6.07, 6.45) is 0. The van der Waals surface area contributed by atoms with Gasteiger partial charge in [0.2, 0.25) is 5.91 Å². The highest BCUT2D eigenvalue weighted by Crippen LogP contribution is 2.16. The Morgan fingerprint density at radius 3 is 2.30 bits per heavy atom. The first-order valence-electron chi connectivity index (χ1n) is 7.18. The van der Waals surface area contributed by atoms with Gasteiger partial charge in [-0.1, -0.05) is 48.9 Å². The van der Waals surface area contributed by atoms with Crippen LogP contribution in [0.4, 0.5) is 0 Å². The zero-order valence-corrected chi connectivity index (χ0v) is 14.3. The molecule has 1 atom stereocenters. The lowest BCUT2D eigenvalue weighted by Gasteiger charge is -2.13. The number of carbonyl (C=O) groups is 1. The molecule has 4 nitrogen and oxygen atoms in total. The molecule has 23 heavy (non-hydrogen) atoms. The van der Waals surface area contributed by atoms with Gasteiger partial charge in [0.05, 0.1) is 4.90 Å². The van der Waals surface area contributed by atoms with Gasteiger partial charge in [-0.2, -0.15) is 0 Å². The smallest absolute Gasteiger partial charge is 0.235 e. The number of hydrogen-bond acceptors (Lipinski definition) is 3. The van der Waals surface area contributed by atoms with Crippen LogP contribution >= 0.6 is 11.6 Å². The summed E-state index contributed by atoms with van der Waals surface area (Å²) in [5.41, 5.74) is 1.09. The molecule has 0 spiro atoms. The van der Waals surface area contributed by atoms with Gasteiger partial charge >= 0.3 is 0 Å². The molecule has 1 amide bonds. The molecule has 0 heterocycles. The van der Waals surface area contributed by atoms with E-state index in [4.69, 9.17) is 11.6 Å². The van der Waals surface area contributed by atoms with Crippen molar-refractivity contribution in [2.45, 2.75) is 17.7 Å². The van der Waals surface area contributed by atoms with Crippen molar-refractivity contribution < 1.29 is 13.2 Å². The lowest BCUT2D eigenvalue weighted by molar-refractivity contribution is -0.118. The monoisotopic (exact) mass is 351 g/mol. The largest absolute Gasteiger partial charge is 0.355 e. The Kier molecular flexibility index (Phi) is 5.80. The molecule has 0 radical (unpaired) electrons. The molecule has 1 N–H and O–H groups in total. The summed E-state index contributed by atoms with van der Waals surface area (Å²) in [6.45, 7) is 2.36. The van der Waals surface area contributed by atoms with Gasteiger partial charge in [-0.3, -0.25) is 4.79 Å². The summed E-state index contributed by atoms with van der Waals surface area (Å²) in [6, 6.07) is 15.5. The fourth-order valence-electron chi connectivity index (χ4n) is 2.12. The van der Waals surface area contributed by atoms with E-state index >= 15 is 0 Å². The van der Waals surface area contributed by atoms with Crippen molar-refractivity contribution in [3.63, 3.8) is 0 Å². The molecular formula is C17H18ClNO3S. The molecule has 0 aromatic heterocycles. The molecular weight excluding hydrogens is 334 g/mol. The number of benzene rings is 2. The highest BCUT2D eigenvalue weighted by Gasteiger charge is 2.19. The van der Waals surface area contributed by atoms with E-state index in [-0.39, 0.29) is 10.8 Å². The Hall–Kier alpha value is -1.85. The predicted octanol–water partition coefficient (Wildman–Crippen LogP) is 3.03. The number of nitrogens with one attached hydrogen (secondary N) is 1. The first-order valence-corrected chi connectivity index (χ1v) is 9.21. The van der Waals surface area contributed by atoms with Crippen LogP contribution in [0.15, 0.2) is 59.5 Å². The van der Waals surface area contributed by atoms with Gasteiger partial charge in [-0.25, -0.2) is 8.42 Å². The molecule has 1 unspecified atom stereocenters. The maximum absolute atomic E-state index is 12.2. The van der Waals surface area contributed by atoms with E-state index in [9.17, 15) is 13.2 Å². The van der Waals surface area contributed by atoms with Gasteiger partial charge in [0.1, 0.15) is 5.75 Å². The molecule has 0 aliphatic carbocycles. The van der Waals surface area contributed by atoms with Gasteiger partial charge in [0.25, 0.3) is 0 Å². The molecule has 2 aromatic carbocycles. The van der Waals surface area contributed by atoms with Gasteiger partial charge in [0.15, 0.2) is 9.84 Å². The summed E-state index contributed by atoms with van der Waals surface area (Å²) < 4.78 is 24.3. The topological polar surface area (TPSA) is 63.2 Å². The third-order valence-corrected chi connectivity index (χ3v) is 5.35. The van der Waals surface area contributed by atoms with Gasteiger partial charge < -0.3 is 5.32 Å². The summed E-state index contributed by atoms with van der Waals surface area (Å²) >= 11 is 5.74. The molecule has 0 saturated carbocycles. The third-order valence-electron chi connectivity index (χ3n) is 3.47. The van der Waals surface area contributed by atoms with E-state index in [1.165, 1.54) is 24.3 Å². The standard InChI is InChI=1S/C17H18ClNO3S/c1-13(14-5-3-2-4-6-14)11-19-17(20)12-23(21,22)16-9-7-15(18)8-10-16/h2-10,13H,11-12H2,1H3,(H,19,20). The Balaban J connectivity index is 1.93. The number of carbonyl (C=O) groups excluding carboxylic acids is 1. The predicted molar refractivity (Wildman–Crippen MR) is 91.4 cm³/mol. The number of amides is 1. The van der Waals surface area contributed by atoms with E-state index < -0.39 is 21.5 Å². The van der Waals surface area contributed by atoms with Crippen LogP contribution in [0.2, 0.25) is 5.02 Å². The van der Waals surface area contributed by atoms with E-state index in [2.05, 4.69) is 5.32 Å². The first-order chi connectivity index (χ1) is 10.9. The fourth-order valence-corrected chi connectivity index (χ4v) is 3.41. The minimum absolute atomic E-state index is 0.0909.